The van der Waals surface area contributed by atoms with Crippen molar-refractivity contribution in [3.8, 4) is 0 Å². The first-order valence-corrected chi connectivity index (χ1v) is 11.4. The van der Waals surface area contributed by atoms with Crippen LogP contribution < -0.4 is 0 Å². The van der Waals surface area contributed by atoms with Crippen molar-refractivity contribution in [2.24, 2.45) is 11.8 Å². The molecule has 0 saturated carbocycles. The van der Waals surface area contributed by atoms with Crippen molar-refractivity contribution in [1.29, 1.82) is 0 Å². The molecule has 5 nitrogen and oxygen atoms in total. The average Bonchev–Trinajstić information content (AvgIpc) is 3.38. The van der Waals surface area contributed by atoms with Crippen LogP contribution in [-0.4, -0.2) is 59.3 Å². The normalized spacial score (nSPS) is 24.5. The standard InChI is InChI=1S/C13H16FNO2.C13H16FNO/c1-9(10-5-3-2-4-6-10)15-8-11(7-14)12(16)13(15)17;1-10(12-5-3-2-4-6-12)15-9-11(8-14)7-13(15)16/h2-6,9,11-12,16H,7-8H2,1H3;2-6,10-11H,7-9H2,1H3/t9-,11+,12-;10-,11+/m11/s1. The van der Waals surface area contributed by atoms with Crippen LogP contribution in [0.5, 0.6) is 0 Å². The zero-order chi connectivity index (χ0) is 24.0. The molecule has 4 rings (SSSR count). The second-order valence-corrected chi connectivity index (χ2v) is 8.79. The Morgan fingerprint density at radius 1 is 0.848 bits per heavy atom. The van der Waals surface area contributed by atoms with E-state index in [2.05, 4.69) is 0 Å². The molecule has 2 aliphatic heterocycles. The predicted molar refractivity (Wildman–Crippen MR) is 123 cm³/mol. The first-order valence-electron chi connectivity index (χ1n) is 11.4. The lowest BCUT2D eigenvalue weighted by molar-refractivity contribution is -0.136. The number of hydrogen-bond acceptors (Lipinski definition) is 3. The van der Waals surface area contributed by atoms with E-state index in [9.17, 15) is 23.5 Å². The first kappa shape index (κ1) is 24.8. The van der Waals surface area contributed by atoms with Gasteiger partial charge in [0.15, 0.2) is 0 Å². The average molecular weight is 459 g/mol. The molecule has 2 aromatic rings. The number of rotatable bonds is 6. The molecule has 2 aliphatic rings. The van der Waals surface area contributed by atoms with Crippen LogP contribution in [0.4, 0.5) is 8.78 Å². The van der Waals surface area contributed by atoms with E-state index in [0.29, 0.717) is 13.0 Å². The molecule has 2 aromatic carbocycles. The molecule has 2 fully saturated rings. The predicted octanol–water partition coefficient (Wildman–Crippen LogP) is 4.10. The Morgan fingerprint density at radius 3 is 1.79 bits per heavy atom. The van der Waals surface area contributed by atoms with Gasteiger partial charge >= 0.3 is 0 Å². The highest BCUT2D eigenvalue weighted by molar-refractivity contribution is 5.83. The number of carbonyl (C=O) groups is 2. The van der Waals surface area contributed by atoms with Gasteiger partial charge < -0.3 is 14.9 Å². The van der Waals surface area contributed by atoms with Gasteiger partial charge in [-0.2, -0.15) is 0 Å². The minimum atomic E-state index is -1.19. The molecule has 2 saturated heterocycles. The van der Waals surface area contributed by atoms with Crippen molar-refractivity contribution in [2.45, 2.75) is 38.5 Å². The summed E-state index contributed by atoms with van der Waals surface area (Å²) in [5.41, 5.74) is 2.10. The SMILES string of the molecule is C[C@H](c1ccccc1)N1C[C@H](CF)CC1=O.C[C@H](c1ccccc1)N1C[C@H](CF)[C@@H](O)C1=O. The maximum Gasteiger partial charge on any atom is 0.252 e. The number of likely N-dealkylation sites (tertiary alicyclic amines) is 2. The summed E-state index contributed by atoms with van der Waals surface area (Å²) in [4.78, 5) is 26.8. The molecule has 178 valence electrons. The fourth-order valence-corrected chi connectivity index (χ4v) is 4.41. The van der Waals surface area contributed by atoms with Crippen molar-refractivity contribution in [3.05, 3.63) is 71.8 Å². The molecule has 1 N–H and O–H groups in total. The lowest BCUT2D eigenvalue weighted by atomic mass is 10.1. The lowest BCUT2D eigenvalue weighted by Crippen LogP contribution is -2.31. The van der Waals surface area contributed by atoms with Crippen molar-refractivity contribution in [3.63, 3.8) is 0 Å². The topological polar surface area (TPSA) is 60.9 Å². The van der Waals surface area contributed by atoms with Gasteiger partial charge in [0, 0.05) is 31.3 Å². The fraction of sp³-hybridized carbons (Fsp3) is 0.462. The molecular formula is C26H32F2N2O3. The minimum Gasteiger partial charge on any atom is -0.383 e. The highest BCUT2D eigenvalue weighted by Gasteiger charge is 2.41. The molecule has 2 amide bonds. The van der Waals surface area contributed by atoms with Gasteiger partial charge in [-0.15, -0.1) is 0 Å². The smallest absolute Gasteiger partial charge is 0.252 e. The Labute approximate surface area is 194 Å². The molecule has 33 heavy (non-hydrogen) atoms. The van der Waals surface area contributed by atoms with Gasteiger partial charge in [-0.1, -0.05) is 60.7 Å². The quantitative estimate of drug-likeness (QED) is 0.709. The molecule has 0 bridgehead atoms. The number of hydrogen-bond donors (Lipinski definition) is 1. The Morgan fingerprint density at radius 2 is 1.36 bits per heavy atom. The molecule has 7 heteroatoms. The third-order valence-electron chi connectivity index (χ3n) is 6.57. The third-order valence-corrected chi connectivity index (χ3v) is 6.57. The van der Waals surface area contributed by atoms with Gasteiger partial charge in [0.1, 0.15) is 6.10 Å². The molecule has 0 unspecified atom stereocenters. The largest absolute Gasteiger partial charge is 0.383 e. The van der Waals surface area contributed by atoms with Gasteiger partial charge in [-0.3, -0.25) is 18.4 Å². The van der Waals surface area contributed by atoms with E-state index in [0.717, 1.165) is 11.1 Å². The Balaban J connectivity index is 0.000000186. The van der Waals surface area contributed by atoms with Gasteiger partial charge in [0.25, 0.3) is 5.91 Å². The monoisotopic (exact) mass is 458 g/mol. The van der Waals surface area contributed by atoms with Crippen molar-refractivity contribution < 1.29 is 23.5 Å². The van der Waals surface area contributed by atoms with Crippen LogP contribution in [-0.2, 0) is 9.59 Å². The molecular weight excluding hydrogens is 426 g/mol. The van der Waals surface area contributed by atoms with E-state index < -0.39 is 25.4 Å². The van der Waals surface area contributed by atoms with Crippen LogP contribution in [0.15, 0.2) is 60.7 Å². The summed E-state index contributed by atoms with van der Waals surface area (Å²) >= 11 is 0. The van der Waals surface area contributed by atoms with Gasteiger partial charge in [-0.25, -0.2) is 0 Å². The van der Waals surface area contributed by atoms with Crippen LogP contribution in [0.3, 0.4) is 0 Å². The number of benzene rings is 2. The summed E-state index contributed by atoms with van der Waals surface area (Å²) in [6.45, 7) is 3.65. The number of aliphatic hydroxyl groups excluding tert-OH is 1. The Kier molecular flexibility index (Phi) is 8.55. The van der Waals surface area contributed by atoms with E-state index in [1.807, 2.05) is 74.5 Å². The van der Waals surface area contributed by atoms with Gasteiger partial charge in [0.05, 0.1) is 25.4 Å². The Bertz CT molecular complexity index is 912. The molecule has 0 aromatic heterocycles. The summed E-state index contributed by atoms with van der Waals surface area (Å²) in [6.07, 6.45) is -0.834. The molecule has 5 atom stereocenters. The fourth-order valence-electron chi connectivity index (χ4n) is 4.41. The van der Waals surface area contributed by atoms with E-state index in [-0.39, 0.29) is 36.4 Å². The minimum absolute atomic E-state index is 0.0465. The summed E-state index contributed by atoms with van der Waals surface area (Å²) < 4.78 is 25.2. The number of nitrogens with zero attached hydrogens (tertiary/aromatic N) is 2. The number of halogens is 2. The molecule has 0 spiro atoms. The van der Waals surface area contributed by atoms with Crippen LogP contribution in [0, 0.1) is 11.8 Å². The zero-order valence-electron chi connectivity index (χ0n) is 19.1. The highest BCUT2D eigenvalue weighted by Crippen LogP contribution is 2.29. The maximum atomic E-state index is 12.6. The van der Waals surface area contributed by atoms with E-state index in [1.165, 1.54) is 0 Å². The van der Waals surface area contributed by atoms with Crippen molar-refractivity contribution in [2.75, 3.05) is 26.4 Å². The van der Waals surface area contributed by atoms with Crippen LogP contribution in [0.25, 0.3) is 0 Å². The first-order chi connectivity index (χ1) is 15.9. The number of alkyl halides is 2. The summed E-state index contributed by atoms with van der Waals surface area (Å²) in [5, 5.41) is 9.59. The van der Waals surface area contributed by atoms with Crippen LogP contribution >= 0.6 is 0 Å². The van der Waals surface area contributed by atoms with E-state index in [1.54, 1.807) is 9.80 Å². The van der Waals surface area contributed by atoms with E-state index >= 15 is 0 Å². The number of aliphatic hydroxyl groups is 1. The van der Waals surface area contributed by atoms with Gasteiger partial charge in [0.2, 0.25) is 5.91 Å². The van der Waals surface area contributed by atoms with E-state index in [4.69, 9.17) is 0 Å². The van der Waals surface area contributed by atoms with Crippen molar-refractivity contribution in [1.82, 2.24) is 9.80 Å². The molecule has 0 aliphatic carbocycles. The van der Waals surface area contributed by atoms with Crippen LogP contribution in [0.2, 0.25) is 0 Å². The summed E-state index contributed by atoms with van der Waals surface area (Å²) in [7, 11) is 0. The maximum absolute atomic E-state index is 12.6. The molecule has 0 radical (unpaired) electrons. The Hall–Kier alpha value is -2.80. The zero-order valence-corrected chi connectivity index (χ0v) is 19.1. The highest BCUT2D eigenvalue weighted by atomic mass is 19.1. The second kappa shape index (κ2) is 11.4. The van der Waals surface area contributed by atoms with Gasteiger partial charge in [-0.05, 0) is 25.0 Å². The van der Waals surface area contributed by atoms with Crippen LogP contribution in [0.1, 0.15) is 43.5 Å². The lowest BCUT2D eigenvalue weighted by Gasteiger charge is -2.25. The molecule has 2 heterocycles. The number of amides is 2. The summed E-state index contributed by atoms with van der Waals surface area (Å²) in [6, 6.07) is 19.3. The third kappa shape index (κ3) is 5.77. The number of carbonyl (C=O) groups excluding carboxylic acids is 2. The second-order valence-electron chi connectivity index (χ2n) is 8.79. The summed E-state index contributed by atoms with van der Waals surface area (Å²) in [5.74, 6) is -1.00. The van der Waals surface area contributed by atoms with Crippen molar-refractivity contribution >= 4 is 11.8 Å².